The van der Waals surface area contributed by atoms with Gasteiger partial charge in [-0.1, -0.05) is 0 Å². The van der Waals surface area contributed by atoms with Crippen LogP contribution in [0, 0.1) is 0 Å². The number of nitrogens with zero attached hydrogens (tertiary/aromatic N) is 1. The molecule has 0 aliphatic rings. The highest BCUT2D eigenvalue weighted by molar-refractivity contribution is 5.53. The molecule has 0 saturated carbocycles. The Labute approximate surface area is 96.0 Å². The van der Waals surface area contributed by atoms with Gasteiger partial charge in [0, 0.05) is 13.2 Å². The second-order valence-corrected chi connectivity index (χ2v) is 3.44. The lowest BCUT2D eigenvalue weighted by Crippen LogP contribution is -2.20. The van der Waals surface area contributed by atoms with Gasteiger partial charge in [0.2, 0.25) is 5.88 Å². The van der Waals surface area contributed by atoms with Crippen molar-refractivity contribution in [1.82, 2.24) is 4.98 Å². The van der Waals surface area contributed by atoms with Crippen LogP contribution < -0.4 is 15.8 Å². The van der Waals surface area contributed by atoms with Crippen LogP contribution in [0.4, 0.5) is 11.5 Å². The van der Waals surface area contributed by atoms with Gasteiger partial charge in [0.05, 0.1) is 18.9 Å². The van der Waals surface area contributed by atoms with Crippen LogP contribution in [0.15, 0.2) is 12.1 Å². The van der Waals surface area contributed by atoms with Crippen LogP contribution in [0.1, 0.15) is 13.8 Å². The minimum atomic E-state index is 0.148. The largest absolute Gasteiger partial charge is 0.479 e. The average molecular weight is 225 g/mol. The zero-order valence-corrected chi connectivity index (χ0v) is 9.99. The fourth-order valence-corrected chi connectivity index (χ4v) is 1.30. The molecule has 0 aliphatic heterocycles. The first-order valence-corrected chi connectivity index (χ1v) is 5.33. The van der Waals surface area contributed by atoms with Gasteiger partial charge in [-0.05, 0) is 26.0 Å². The molecule has 0 amide bonds. The molecule has 16 heavy (non-hydrogen) atoms. The Hall–Kier alpha value is -1.49. The third-order valence-corrected chi connectivity index (χ3v) is 2.10. The first-order chi connectivity index (χ1) is 7.67. The molecule has 1 unspecified atom stereocenters. The third-order valence-electron chi connectivity index (χ3n) is 2.10. The van der Waals surface area contributed by atoms with Crippen LogP contribution in [0.5, 0.6) is 5.88 Å². The second kappa shape index (κ2) is 6.17. The van der Waals surface area contributed by atoms with Crippen LogP contribution in [-0.2, 0) is 4.74 Å². The number of rotatable bonds is 6. The van der Waals surface area contributed by atoms with Crippen molar-refractivity contribution in [2.75, 3.05) is 31.3 Å². The van der Waals surface area contributed by atoms with Gasteiger partial charge in [0.15, 0.2) is 0 Å². The summed E-state index contributed by atoms with van der Waals surface area (Å²) in [6.45, 7) is 5.39. The van der Waals surface area contributed by atoms with Crippen molar-refractivity contribution in [2.45, 2.75) is 20.0 Å². The number of hydrogen-bond donors (Lipinski definition) is 2. The molecule has 90 valence electrons. The lowest BCUT2D eigenvalue weighted by molar-refractivity contribution is 0.0855. The molecule has 5 heteroatoms. The number of pyridine rings is 1. The molecule has 0 aliphatic carbocycles. The van der Waals surface area contributed by atoms with E-state index in [0.29, 0.717) is 24.7 Å². The highest BCUT2D eigenvalue weighted by Gasteiger charge is 2.04. The van der Waals surface area contributed by atoms with Gasteiger partial charge in [0.25, 0.3) is 0 Å². The summed E-state index contributed by atoms with van der Waals surface area (Å²) in [5.74, 6) is 1.17. The molecule has 0 bridgehead atoms. The molecular formula is C11H19N3O2. The lowest BCUT2D eigenvalue weighted by atomic mass is 10.3. The first-order valence-electron chi connectivity index (χ1n) is 5.33. The highest BCUT2D eigenvalue weighted by atomic mass is 16.5. The Morgan fingerprint density at radius 2 is 2.25 bits per heavy atom. The maximum absolute atomic E-state index is 5.66. The molecule has 1 atom stereocenters. The number of hydrogen-bond acceptors (Lipinski definition) is 5. The zero-order chi connectivity index (χ0) is 12.0. The minimum absolute atomic E-state index is 0.148. The van der Waals surface area contributed by atoms with Crippen molar-refractivity contribution in [3.8, 4) is 5.88 Å². The van der Waals surface area contributed by atoms with E-state index >= 15 is 0 Å². The molecule has 0 aromatic carbocycles. The fourth-order valence-electron chi connectivity index (χ4n) is 1.30. The molecule has 1 aromatic heterocycles. The smallest absolute Gasteiger partial charge is 0.238 e. The molecule has 1 heterocycles. The fraction of sp³-hybridized carbons (Fsp3) is 0.545. The Kier molecular flexibility index (Phi) is 4.85. The van der Waals surface area contributed by atoms with E-state index in [0.717, 1.165) is 5.82 Å². The predicted molar refractivity (Wildman–Crippen MR) is 64.8 cm³/mol. The first kappa shape index (κ1) is 12.6. The van der Waals surface area contributed by atoms with Crippen molar-refractivity contribution < 1.29 is 9.47 Å². The predicted octanol–water partition coefficient (Wildman–Crippen LogP) is 1.51. The summed E-state index contributed by atoms with van der Waals surface area (Å²) in [7, 11) is 1.55. The van der Waals surface area contributed by atoms with Crippen molar-refractivity contribution in [2.24, 2.45) is 0 Å². The summed E-state index contributed by atoms with van der Waals surface area (Å²) in [5.41, 5.74) is 6.20. The molecule has 0 radical (unpaired) electrons. The van der Waals surface area contributed by atoms with E-state index in [4.69, 9.17) is 15.2 Å². The topological polar surface area (TPSA) is 69.4 Å². The van der Waals surface area contributed by atoms with Crippen molar-refractivity contribution in [3.63, 3.8) is 0 Å². The molecule has 0 fully saturated rings. The second-order valence-electron chi connectivity index (χ2n) is 3.44. The number of nitrogen functional groups attached to an aromatic ring is 1. The van der Waals surface area contributed by atoms with Crippen molar-refractivity contribution >= 4 is 11.5 Å². The number of methoxy groups -OCH3 is 1. The molecule has 0 spiro atoms. The summed E-state index contributed by atoms with van der Waals surface area (Å²) in [6, 6.07) is 3.58. The van der Waals surface area contributed by atoms with E-state index in [9.17, 15) is 0 Å². The van der Waals surface area contributed by atoms with E-state index in [1.807, 2.05) is 19.9 Å². The number of anilines is 2. The summed E-state index contributed by atoms with van der Waals surface area (Å²) < 4.78 is 10.4. The number of aromatic nitrogens is 1. The Morgan fingerprint density at radius 3 is 2.88 bits per heavy atom. The monoisotopic (exact) mass is 225 g/mol. The van der Waals surface area contributed by atoms with Crippen LogP contribution in [-0.4, -0.2) is 31.3 Å². The molecular weight excluding hydrogens is 206 g/mol. The maximum Gasteiger partial charge on any atom is 0.238 e. The standard InChI is InChI=1S/C11H19N3O2/c1-4-16-8(2)7-13-10-6-5-9(12)11(14-10)15-3/h5-6,8H,4,7,12H2,1-3H3,(H,13,14). The van der Waals surface area contributed by atoms with E-state index < -0.39 is 0 Å². The van der Waals surface area contributed by atoms with Gasteiger partial charge in [-0.25, -0.2) is 0 Å². The van der Waals surface area contributed by atoms with Gasteiger partial charge in [-0.3, -0.25) is 0 Å². The average Bonchev–Trinajstić information content (AvgIpc) is 2.28. The van der Waals surface area contributed by atoms with Crippen LogP contribution in [0.25, 0.3) is 0 Å². The van der Waals surface area contributed by atoms with Gasteiger partial charge >= 0.3 is 0 Å². The Bertz CT molecular complexity index is 331. The third kappa shape index (κ3) is 3.58. The summed E-state index contributed by atoms with van der Waals surface area (Å²) in [6.07, 6.45) is 0.148. The Morgan fingerprint density at radius 1 is 1.50 bits per heavy atom. The van der Waals surface area contributed by atoms with Crippen molar-refractivity contribution in [3.05, 3.63) is 12.1 Å². The SMILES string of the molecule is CCOC(C)CNc1ccc(N)c(OC)n1. The zero-order valence-electron chi connectivity index (χ0n) is 9.99. The van der Waals surface area contributed by atoms with Gasteiger partial charge in [-0.15, -0.1) is 0 Å². The number of nitrogens with two attached hydrogens (primary N) is 1. The normalized spacial score (nSPS) is 12.2. The molecule has 0 saturated heterocycles. The van der Waals surface area contributed by atoms with Crippen LogP contribution >= 0.6 is 0 Å². The van der Waals surface area contributed by atoms with Crippen LogP contribution in [0.2, 0.25) is 0 Å². The molecule has 3 N–H and O–H groups in total. The summed E-state index contributed by atoms with van der Waals surface area (Å²) in [5, 5.41) is 3.16. The van der Waals surface area contributed by atoms with E-state index in [-0.39, 0.29) is 6.10 Å². The van der Waals surface area contributed by atoms with E-state index in [2.05, 4.69) is 10.3 Å². The maximum atomic E-state index is 5.66. The highest BCUT2D eigenvalue weighted by Crippen LogP contribution is 2.19. The minimum Gasteiger partial charge on any atom is -0.479 e. The number of ether oxygens (including phenoxy) is 2. The van der Waals surface area contributed by atoms with E-state index in [1.54, 1.807) is 13.2 Å². The Balaban J connectivity index is 2.54. The van der Waals surface area contributed by atoms with Gasteiger partial charge in [0.1, 0.15) is 5.82 Å². The quantitative estimate of drug-likeness (QED) is 0.768. The molecule has 5 nitrogen and oxygen atoms in total. The van der Waals surface area contributed by atoms with Crippen molar-refractivity contribution in [1.29, 1.82) is 0 Å². The lowest BCUT2D eigenvalue weighted by Gasteiger charge is -2.13. The van der Waals surface area contributed by atoms with Gasteiger partial charge < -0.3 is 20.5 Å². The molecule has 1 rings (SSSR count). The summed E-state index contributed by atoms with van der Waals surface area (Å²) in [4.78, 5) is 4.21. The summed E-state index contributed by atoms with van der Waals surface area (Å²) >= 11 is 0. The number of nitrogens with one attached hydrogen (secondary N) is 1. The molecule has 1 aromatic rings. The van der Waals surface area contributed by atoms with Gasteiger partial charge in [-0.2, -0.15) is 4.98 Å². The van der Waals surface area contributed by atoms with E-state index in [1.165, 1.54) is 0 Å². The van der Waals surface area contributed by atoms with Crippen LogP contribution in [0.3, 0.4) is 0 Å².